The molecule has 7 heteroatoms. The predicted molar refractivity (Wildman–Crippen MR) is 63.3 cm³/mol. The third kappa shape index (κ3) is 2.22. The Hall–Kier alpha value is -1.50. The summed E-state index contributed by atoms with van der Waals surface area (Å²) >= 11 is 0. The number of tetrazole rings is 1. The van der Waals surface area contributed by atoms with Crippen molar-refractivity contribution in [1.82, 2.24) is 25.1 Å². The standard InChI is InChI=1S/C11H19N5O2/c1-8(2)11(18)6-15(4-9(11)3)10(17)5-16-13-7-12-14-16/h7-9,18H,4-6H2,1-3H3/t9-,11-/m0/s1. The zero-order valence-electron chi connectivity index (χ0n) is 10.9. The van der Waals surface area contributed by atoms with Crippen LogP contribution in [0.3, 0.4) is 0 Å². The molecule has 1 saturated heterocycles. The van der Waals surface area contributed by atoms with E-state index in [0.29, 0.717) is 13.1 Å². The number of nitrogens with zero attached hydrogens (tertiary/aromatic N) is 5. The lowest BCUT2D eigenvalue weighted by molar-refractivity contribution is -0.132. The molecular formula is C11H19N5O2. The Balaban J connectivity index is 2.02. The van der Waals surface area contributed by atoms with Gasteiger partial charge in [0.15, 0.2) is 6.33 Å². The molecule has 0 aliphatic carbocycles. The molecule has 1 fully saturated rings. The lowest BCUT2D eigenvalue weighted by Gasteiger charge is -2.30. The van der Waals surface area contributed by atoms with E-state index in [1.54, 1.807) is 4.90 Å². The second-order valence-electron chi connectivity index (χ2n) is 5.29. The van der Waals surface area contributed by atoms with Crippen LogP contribution in [0.4, 0.5) is 0 Å². The van der Waals surface area contributed by atoms with E-state index in [-0.39, 0.29) is 24.3 Å². The van der Waals surface area contributed by atoms with E-state index in [2.05, 4.69) is 15.4 Å². The smallest absolute Gasteiger partial charge is 0.246 e. The molecule has 2 rings (SSSR count). The molecule has 1 aliphatic heterocycles. The van der Waals surface area contributed by atoms with Crippen LogP contribution in [0, 0.1) is 11.8 Å². The van der Waals surface area contributed by atoms with Gasteiger partial charge in [-0.2, -0.15) is 4.80 Å². The minimum absolute atomic E-state index is 0.0703. The maximum atomic E-state index is 12.1. The highest BCUT2D eigenvalue weighted by Gasteiger charge is 2.46. The Morgan fingerprint density at radius 3 is 2.83 bits per heavy atom. The van der Waals surface area contributed by atoms with Crippen molar-refractivity contribution < 1.29 is 9.90 Å². The molecule has 7 nitrogen and oxygen atoms in total. The molecule has 0 radical (unpaired) electrons. The number of carbonyl (C=O) groups is 1. The summed E-state index contributed by atoms with van der Waals surface area (Å²) in [6, 6.07) is 0. The Kier molecular flexibility index (Phi) is 3.34. The first kappa shape index (κ1) is 12.9. The topological polar surface area (TPSA) is 84.1 Å². The first-order valence-electron chi connectivity index (χ1n) is 6.14. The molecule has 1 aromatic heterocycles. The van der Waals surface area contributed by atoms with Gasteiger partial charge in [0, 0.05) is 12.5 Å². The fraction of sp³-hybridized carbons (Fsp3) is 0.818. The fourth-order valence-corrected chi connectivity index (χ4v) is 2.44. The van der Waals surface area contributed by atoms with Crippen molar-refractivity contribution >= 4 is 5.91 Å². The summed E-state index contributed by atoms with van der Waals surface area (Å²) in [5, 5.41) is 21.6. The van der Waals surface area contributed by atoms with Crippen LogP contribution in [0.1, 0.15) is 20.8 Å². The number of hydrogen-bond acceptors (Lipinski definition) is 5. The molecule has 0 aromatic carbocycles. The zero-order chi connectivity index (χ0) is 13.3. The molecule has 1 aliphatic rings. The van der Waals surface area contributed by atoms with E-state index in [1.807, 2.05) is 20.8 Å². The van der Waals surface area contributed by atoms with E-state index >= 15 is 0 Å². The second kappa shape index (κ2) is 4.64. The van der Waals surface area contributed by atoms with Crippen molar-refractivity contribution in [3.05, 3.63) is 6.33 Å². The van der Waals surface area contributed by atoms with Crippen LogP contribution in [0.5, 0.6) is 0 Å². The van der Waals surface area contributed by atoms with Gasteiger partial charge >= 0.3 is 0 Å². The molecule has 2 atom stereocenters. The summed E-state index contributed by atoms with van der Waals surface area (Å²) < 4.78 is 0. The van der Waals surface area contributed by atoms with Crippen LogP contribution in [0.2, 0.25) is 0 Å². The minimum atomic E-state index is -0.800. The molecule has 0 saturated carbocycles. The fourth-order valence-electron chi connectivity index (χ4n) is 2.44. The average Bonchev–Trinajstić information content (AvgIpc) is 2.89. The van der Waals surface area contributed by atoms with E-state index in [9.17, 15) is 9.90 Å². The molecule has 18 heavy (non-hydrogen) atoms. The summed E-state index contributed by atoms with van der Waals surface area (Å²) in [6.45, 7) is 6.94. The molecule has 0 unspecified atom stereocenters. The van der Waals surface area contributed by atoms with Crippen molar-refractivity contribution in [2.45, 2.75) is 32.9 Å². The predicted octanol–water partition coefficient (Wildman–Crippen LogP) is -0.462. The van der Waals surface area contributed by atoms with Gasteiger partial charge in [-0.1, -0.05) is 20.8 Å². The van der Waals surface area contributed by atoms with Gasteiger partial charge in [-0.15, -0.1) is 10.2 Å². The molecule has 1 amide bonds. The Morgan fingerprint density at radius 2 is 2.33 bits per heavy atom. The van der Waals surface area contributed by atoms with E-state index in [1.165, 1.54) is 11.1 Å². The number of rotatable bonds is 3. The van der Waals surface area contributed by atoms with E-state index in [4.69, 9.17) is 0 Å². The third-order valence-electron chi connectivity index (χ3n) is 3.81. The summed E-state index contributed by atoms with van der Waals surface area (Å²) in [5.74, 6) is 0.108. The number of aliphatic hydroxyl groups is 1. The maximum Gasteiger partial charge on any atom is 0.246 e. The normalized spacial score (nSPS) is 28.1. The van der Waals surface area contributed by atoms with Gasteiger partial charge in [-0.25, -0.2) is 0 Å². The van der Waals surface area contributed by atoms with Gasteiger partial charge in [0.1, 0.15) is 6.54 Å². The Labute approximate surface area is 106 Å². The largest absolute Gasteiger partial charge is 0.387 e. The molecule has 100 valence electrons. The van der Waals surface area contributed by atoms with Gasteiger partial charge in [0.05, 0.1) is 12.1 Å². The summed E-state index contributed by atoms with van der Waals surface area (Å²) in [4.78, 5) is 15.0. The second-order valence-corrected chi connectivity index (χ2v) is 5.29. The van der Waals surface area contributed by atoms with Crippen LogP contribution in [-0.2, 0) is 11.3 Å². The van der Waals surface area contributed by atoms with Gasteiger partial charge in [-0.05, 0) is 11.1 Å². The number of amides is 1. The molecule has 1 aromatic rings. The van der Waals surface area contributed by atoms with Crippen molar-refractivity contribution in [1.29, 1.82) is 0 Å². The lowest BCUT2D eigenvalue weighted by Crippen LogP contribution is -2.43. The van der Waals surface area contributed by atoms with Crippen molar-refractivity contribution in [3.63, 3.8) is 0 Å². The molecular weight excluding hydrogens is 234 g/mol. The molecule has 2 heterocycles. The van der Waals surface area contributed by atoms with Gasteiger partial charge in [0.25, 0.3) is 0 Å². The first-order chi connectivity index (χ1) is 8.43. The quantitative estimate of drug-likeness (QED) is 0.788. The maximum absolute atomic E-state index is 12.1. The highest BCUT2D eigenvalue weighted by molar-refractivity contribution is 5.76. The SMILES string of the molecule is CC(C)[C@@]1(O)CN(C(=O)Cn2ncnn2)C[C@@H]1C. The minimum Gasteiger partial charge on any atom is -0.387 e. The molecule has 1 N–H and O–H groups in total. The Morgan fingerprint density at radius 1 is 1.61 bits per heavy atom. The van der Waals surface area contributed by atoms with Crippen LogP contribution >= 0.6 is 0 Å². The highest BCUT2D eigenvalue weighted by Crippen LogP contribution is 2.33. The number of likely N-dealkylation sites (tertiary alicyclic amines) is 1. The van der Waals surface area contributed by atoms with Crippen molar-refractivity contribution in [3.8, 4) is 0 Å². The molecule has 0 bridgehead atoms. The van der Waals surface area contributed by atoms with Crippen molar-refractivity contribution in [2.24, 2.45) is 11.8 Å². The number of β-amino-alcohol motifs (C(OH)–C–C–N with tert-alkyl or cyclic N) is 1. The number of carbonyl (C=O) groups excluding carboxylic acids is 1. The zero-order valence-corrected chi connectivity index (χ0v) is 10.9. The van der Waals surface area contributed by atoms with Gasteiger partial charge < -0.3 is 10.0 Å². The number of hydrogen-bond donors (Lipinski definition) is 1. The summed E-state index contributed by atoms with van der Waals surface area (Å²) in [6.07, 6.45) is 1.30. The average molecular weight is 253 g/mol. The Bertz CT molecular complexity index is 419. The summed E-state index contributed by atoms with van der Waals surface area (Å²) in [5.41, 5.74) is -0.800. The monoisotopic (exact) mass is 253 g/mol. The highest BCUT2D eigenvalue weighted by atomic mass is 16.3. The van der Waals surface area contributed by atoms with Crippen LogP contribution < -0.4 is 0 Å². The first-order valence-corrected chi connectivity index (χ1v) is 6.14. The van der Waals surface area contributed by atoms with Crippen LogP contribution in [-0.4, -0.2) is 54.8 Å². The van der Waals surface area contributed by atoms with Crippen LogP contribution in [0.15, 0.2) is 6.33 Å². The third-order valence-corrected chi connectivity index (χ3v) is 3.81. The summed E-state index contributed by atoms with van der Waals surface area (Å²) in [7, 11) is 0. The van der Waals surface area contributed by atoms with E-state index < -0.39 is 5.60 Å². The molecule has 0 spiro atoms. The van der Waals surface area contributed by atoms with Crippen LogP contribution in [0.25, 0.3) is 0 Å². The van der Waals surface area contributed by atoms with Gasteiger partial charge in [0.2, 0.25) is 5.91 Å². The lowest BCUT2D eigenvalue weighted by atomic mass is 9.82. The van der Waals surface area contributed by atoms with E-state index in [0.717, 1.165) is 0 Å². The number of aromatic nitrogens is 4. The van der Waals surface area contributed by atoms with Crippen molar-refractivity contribution in [2.75, 3.05) is 13.1 Å². The van der Waals surface area contributed by atoms with Gasteiger partial charge in [-0.3, -0.25) is 4.79 Å².